The van der Waals surface area contributed by atoms with E-state index < -0.39 is 0 Å². The Bertz CT molecular complexity index is 1080. The van der Waals surface area contributed by atoms with Crippen LogP contribution in [-0.2, 0) is 19.4 Å². The normalized spacial score (nSPS) is 10.7. The first-order valence-corrected chi connectivity index (χ1v) is 10.8. The molecule has 1 aromatic heterocycles. The zero-order valence-corrected chi connectivity index (χ0v) is 17.9. The molecule has 0 radical (unpaired) electrons. The summed E-state index contributed by atoms with van der Waals surface area (Å²) in [4.78, 5) is 17.7. The van der Waals surface area contributed by atoms with Crippen LogP contribution in [0.5, 0.6) is 0 Å². The van der Waals surface area contributed by atoms with Crippen LogP contribution in [0.2, 0.25) is 0 Å². The highest BCUT2D eigenvalue weighted by Gasteiger charge is 2.11. The summed E-state index contributed by atoms with van der Waals surface area (Å²) in [5, 5.41) is 9.68. The monoisotopic (exact) mass is 399 g/mol. The molecule has 0 saturated carbocycles. The predicted molar refractivity (Wildman–Crippen MR) is 121 cm³/mol. The lowest BCUT2D eigenvalue weighted by Gasteiger charge is -2.14. The highest BCUT2D eigenvalue weighted by atomic mass is 16.1. The van der Waals surface area contributed by atoms with Gasteiger partial charge in [-0.05, 0) is 42.0 Å². The molecular formula is C26H29N3O. The summed E-state index contributed by atoms with van der Waals surface area (Å²) in [6.07, 6.45) is 5.81. The Kier molecular flexibility index (Phi) is 7.57. The van der Waals surface area contributed by atoms with Crippen LogP contribution in [0.15, 0.2) is 59.4 Å². The van der Waals surface area contributed by atoms with E-state index in [0.29, 0.717) is 12.1 Å². The fourth-order valence-corrected chi connectivity index (χ4v) is 3.62. The van der Waals surface area contributed by atoms with Gasteiger partial charge in [0.2, 0.25) is 0 Å². The number of hydrogen-bond donors (Lipinski definition) is 0. The van der Waals surface area contributed by atoms with Crippen molar-refractivity contribution in [2.75, 3.05) is 0 Å². The Morgan fingerprint density at radius 3 is 2.40 bits per heavy atom. The molecular weight excluding hydrogens is 370 g/mol. The van der Waals surface area contributed by atoms with Gasteiger partial charge in [-0.1, -0.05) is 69.2 Å². The second-order valence-corrected chi connectivity index (χ2v) is 7.65. The zero-order valence-electron chi connectivity index (χ0n) is 17.9. The van der Waals surface area contributed by atoms with Crippen LogP contribution in [0.4, 0.5) is 0 Å². The third-order valence-corrected chi connectivity index (χ3v) is 5.31. The molecule has 0 unspecified atom stereocenters. The van der Waals surface area contributed by atoms with Gasteiger partial charge in [-0.2, -0.15) is 5.26 Å². The maximum atomic E-state index is 12.9. The third kappa shape index (κ3) is 5.24. The first kappa shape index (κ1) is 21.5. The van der Waals surface area contributed by atoms with E-state index in [0.717, 1.165) is 66.7 Å². The largest absolute Gasteiger partial charge is 0.292 e. The third-order valence-electron chi connectivity index (χ3n) is 5.31. The van der Waals surface area contributed by atoms with Crippen molar-refractivity contribution in [3.05, 3.63) is 87.6 Å². The minimum Gasteiger partial charge on any atom is -0.292 e. The molecule has 0 bridgehead atoms. The second-order valence-electron chi connectivity index (χ2n) is 7.65. The molecule has 0 atom stereocenters. The molecule has 3 rings (SSSR count). The van der Waals surface area contributed by atoms with Crippen molar-refractivity contribution in [1.82, 2.24) is 9.55 Å². The van der Waals surface area contributed by atoms with Crippen molar-refractivity contribution in [1.29, 1.82) is 5.26 Å². The van der Waals surface area contributed by atoms with Gasteiger partial charge in [0.15, 0.2) is 0 Å². The smallest absolute Gasteiger partial charge is 0.254 e. The van der Waals surface area contributed by atoms with E-state index in [4.69, 9.17) is 4.98 Å². The van der Waals surface area contributed by atoms with Gasteiger partial charge < -0.3 is 0 Å². The van der Waals surface area contributed by atoms with Crippen molar-refractivity contribution in [3.8, 4) is 17.2 Å². The molecule has 154 valence electrons. The molecule has 4 heteroatoms. The summed E-state index contributed by atoms with van der Waals surface area (Å²) >= 11 is 0. The Hall–Kier alpha value is -3.19. The van der Waals surface area contributed by atoms with Gasteiger partial charge in [-0.25, -0.2) is 4.98 Å². The van der Waals surface area contributed by atoms with E-state index in [1.165, 1.54) is 0 Å². The molecule has 0 spiro atoms. The summed E-state index contributed by atoms with van der Waals surface area (Å²) < 4.78 is 1.77. The van der Waals surface area contributed by atoms with Crippen molar-refractivity contribution in [3.63, 3.8) is 0 Å². The quantitative estimate of drug-likeness (QED) is 0.476. The first-order chi connectivity index (χ1) is 14.7. The highest BCUT2D eigenvalue weighted by Crippen LogP contribution is 2.24. The van der Waals surface area contributed by atoms with Gasteiger partial charge >= 0.3 is 0 Å². The number of nitriles is 1. The topological polar surface area (TPSA) is 58.7 Å². The molecule has 0 amide bonds. The van der Waals surface area contributed by atoms with Crippen molar-refractivity contribution in [2.24, 2.45) is 0 Å². The number of aryl methyl sites for hydroxylation is 2. The van der Waals surface area contributed by atoms with Crippen molar-refractivity contribution < 1.29 is 0 Å². The predicted octanol–water partition coefficient (Wildman–Crippen LogP) is 5.52. The Morgan fingerprint density at radius 1 is 0.967 bits per heavy atom. The van der Waals surface area contributed by atoms with Crippen LogP contribution in [0, 0.1) is 11.3 Å². The number of benzene rings is 2. The lowest BCUT2D eigenvalue weighted by Crippen LogP contribution is -2.26. The molecule has 2 aromatic carbocycles. The molecule has 0 saturated heterocycles. The summed E-state index contributed by atoms with van der Waals surface area (Å²) in [6.45, 7) is 4.72. The van der Waals surface area contributed by atoms with E-state index in [9.17, 15) is 10.1 Å². The summed E-state index contributed by atoms with van der Waals surface area (Å²) in [5.41, 5.74) is 4.37. The van der Waals surface area contributed by atoms with E-state index in [1.54, 1.807) is 10.6 Å². The van der Waals surface area contributed by atoms with Gasteiger partial charge in [0.05, 0.1) is 18.2 Å². The lowest BCUT2D eigenvalue weighted by atomic mass is 9.98. The number of hydrogen-bond acceptors (Lipinski definition) is 3. The molecule has 0 aliphatic rings. The van der Waals surface area contributed by atoms with Crippen LogP contribution in [0.25, 0.3) is 11.1 Å². The Morgan fingerprint density at radius 2 is 1.70 bits per heavy atom. The fraction of sp³-hybridized carbons (Fsp3) is 0.346. The first-order valence-electron chi connectivity index (χ1n) is 10.8. The number of nitrogens with zero attached hydrogens (tertiary/aromatic N) is 3. The van der Waals surface area contributed by atoms with Crippen LogP contribution in [0.1, 0.15) is 62.2 Å². The maximum Gasteiger partial charge on any atom is 0.254 e. The van der Waals surface area contributed by atoms with Gasteiger partial charge in [-0.15, -0.1) is 0 Å². The van der Waals surface area contributed by atoms with E-state index >= 15 is 0 Å². The van der Waals surface area contributed by atoms with Crippen molar-refractivity contribution >= 4 is 0 Å². The zero-order chi connectivity index (χ0) is 21.3. The summed E-state index contributed by atoms with van der Waals surface area (Å²) in [5.74, 6) is 0.848. The standard InChI is InChI=1S/C26H29N3O/c1-3-5-12-23-17-26(30)29(25(28-23)13-6-4-2)19-20-14-15-24(22(16-20)18-27)21-10-8-7-9-11-21/h7-11,14-17H,3-6,12-13,19H2,1-2H3. The van der Waals surface area contributed by atoms with Crippen LogP contribution in [-0.4, -0.2) is 9.55 Å². The second kappa shape index (κ2) is 10.5. The van der Waals surface area contributed by atoms with Crippen molar-refractivity contribution in [2.45, 2.75) is 58.9 Å². The number of rotatable bonds is 9. The SMILES string of the molecule is CCCCc1cc(=O)n(Cc2ccc(-c3ccccc3)c(C#N)c2)c(CCCC)n1. The Balaban J connectivity index is 1.95. The average Bonchev–Trinajstić information content (AvgIpc) is 2.78. The van der Waals surface area contributed by atoms with E-state index in [-0.39, 0.29) is 5.56 Å². The summed E-state index contributed by atoms with van der Waals surface area (Å²) in [7, 11) is 0. The number of unbranched alkanes of at least 4 members (excludes halogenated alkanes) is 2. The molecule has 0 fully saturated rings. The molecule has 0 aliphatic heterocycles. The van der Waals surface area contributed by atoms with Gasteiger partial charge in [0.1, 0.15) is 5.82 Å². The number of aromatic nitrogens is 2. The highest BCUT2D eigenvalue weighted by molar-refractivity contribution is 5.70. The molecule has 3 aromatic rings. The van der Waals surface area contributed by atoms with Gasteiger partial charge in [0, 0.05) is 18.2 Å². The maximum absolute atomic E-state index is 12.9. The molecule has 0 N–H and O–H groups in total. The van der Waals surface area contributed by atoms with Gasteiger partial charge in [0.25, 0.3) is 5.56 Å². The van der Waals surface area contributed by atoms with E-state index in [2.05, 4.69) is 19.9 Å². The van der Waals surface area contributed by atoms with E-state index in [1.807, 2.05) is 48.5 Å². The lowest BCUT2D eigenvalue weighted by molar-refractivity contribution is 0.623. The van der Waals surface area contributed by atoms with Crippen LogP contribution < -0.4 is 5.56 Å². The molecule has 0 aliphatic carbocycles. The van der Waals surface area contributed by atoms with Crippen LogP contribution >= 0.6 is 0 Å². The fourth-order valence-electron chi connectivity index (χ4n) is 3.62. The average molecular weight is 400 g/mol. The molecule has 4 nitrogen and oxygen atoms in total. The van der Waals surface area contributed by atoms with Gasteiger partial charge in [-0.3, -0.25) is 9.36 Å². The van der Waals surface area contributed by atoms with Crippen LogP contribution in [0.3, 0.4) is 0 Å². The Labute approximate surface area is 178 Å². The minimum atomic E-state index is -0.00662. The molecule has 1 heterocycles. The minimum absolute atomic E-state index is 0.00662. The summed E-state index contributed by atoms with van der Waals surface area (Å²) in [6, 6.07) is 19.8. The molecule has 30 heavy (non-hydrogen) atoms.